The third-order valence-electron chi connectivity index (χ3n) is 6.98. The van der Waals surface area contributed by atoms with Gasteiger partial charge in [-0.1, -0.05) is 50.7 Å². The van der Waals surface area contributed by atoms with Crippen LogP contribution in [-0.2, 0) is 14.8 Å². The Morgan fingerprint density at radius 3 is 1.92 bits per heavy atom. The highest BCUT2D eigenvalue weighted by molar-refractivity contribution is 7.89. The lowest BCUT2D eigenvalue weighted by Crippen LogP contribution is -2.48. The average molecular weight is 550 g/mol. The Morgan fingerprint density at radius 2 is 1.39 bits per heavy atom. The number of imide groups is 1. The van der Waals surface area contributed by atoms with Gasteiger partial charge in [0.05, 0.1) is 16.9 Å². The van der Waals surface area contributed by atoms with E-state index in [4.69, 9.17) is 4.74 Å². The van der Waals surface area contributed by atoms with E-state index in [1.807, 2.05) is 20.8 Å². The summed E-state index contributed by atoms with van der Waals surface area (Å²) >= 11 is 0. The molecular weight excluding hydrogens is 506 g/mol. The van der Waals surface area contributed by atoms with Crippen molar-refractivity contribution in [2.75, 3.05) is 25.4 Å². The first-order valence-electron chi connectivity index (χ1n) is 13.9. The largest absolute Gasteiger partial charge is 0.444 e. The van der Waals surface area contributed by atoms with Gasteiger partial charge < -0.3 is 10.1 Å². The summed E-state index contributed by atoms with van der Waals surface area (Å²) in [7, 11) is -3.28. The van der Waals surface area contributed by atoms with Crippen LogP contribution in [0.5, 0.6) is 0 Å². The lowest BCUT2D eigenvalue weighted by Gasteiger charge is -2.32. The molecule has 0 aromatic heterocycles. The number of rotatable bonds is 13. The van der Waals surface area contributed by atoms with Crippen molar-refractivity contribution in [2.24, 2.45) is 0 Å². The van der Waals surface area contributed by atoms with Gasteiger partial charge in [0.15, 0.2) is 0 Å². The predicted octanol–water partition coefficient (Wildman–Crippen LogP) is 4.72. The summed E-state index contributed by atoms with van der Waals surface area (Å²) in [6.07, 6.45) is 8.15. The minimum atomic E-state index is -3.28. The lowest BCUT2D eigenvalue weighted by molar-refractivity contribution is 0.0488. The van der Waals surface area contributed by atoms with E-state index in [-0.39, 0.29) is 23.6 Å². The first-order chi connectivity index (χ1) is 18.0. The van der Waals surface area contributed by atoms with Crippen LogP contribution in [0.1, 0.15) is 106 Å². The number of hydrogen-bond acceptors (Lipinski definition) is 6. The van der Waals surface area contributed by atoms with E-state index in [1.54, 1.807) is 28.6 Å². The first-order valence-corrected chi connectivity index (χ1v) is 15.5. The Labute approximate surface area is 227 Å². The second-order valence-electron chi connectivity index (χ2n) is 11.3. The number of amides is 3. The number of hydrogen-bond donors (Lipinski definition) is 1. The zero-order valence-corrected chi connectivity index (χ0v) is 23.9. The molecule has 0 radical (unpaired) electrons. The number of fused-ring (bicyclic) bond motifs is 1. The summed E-state index contributed by atoms with van der Waals surface area (Å²) in [4.78, 5) is 38.0. The van der Waals surface area contributed by atoms with Crippen molar-refractivity contribution in [1.29, 1.82) is 0 Å². The second kappa shape index (κ2) is 13.6. The van der Waals surface area contributed by atoms with Crippen molar-refractivity contribution in [2.45, 2.75) is 96.6 Å². The van der Waals surface area contributed by atoms with Gasteiger partial charge in [-0.3, -0.25) is 14.5 Å². The van der Waals surface area contributed by atoms with Gasteiger partial charge in [0.25, 0.3) is 11.8 Å². The number of benzene rings is 1. The molecule has 1 saturated heterocycles. The summed E-state index contributed by atoms with van der Waals surface area (Å²) in [5.74, 6) is -0.220. The van der Waals surface area contributed by atoms with Crippen molar-refractivity contribution < 1.29 is 27.5 Å². The Morgan fingerprint density at radius 1 is 0.895 bits per heavy atom. The van der Waals surface area contributed by atoms with Crippen molar-refractivity contribution in [3.05, 3.63) is 35.4 Å². The van der Waals surface area contributed by atoms with Crippen molar-refractivity contribution >= 4 is 27.9 Å². The molecule has 0 spiro atoms. The normalized spacial score (nSPS) is 17.1. The van der Waals surface area contributed by atoms with E-state index < -0.39 is 21.7 Å². The van der Waals surface area contributed by atoms with Crippen LogP contribution in [0.25, 0.3) is 0 Å². The lowest BCUT2D eigenvalue weighted by atomic mass is 10.1. The Balaban J connectivity index is 1.20. The fourth-order valence-corrected chi connectivity index (χ4v) is 6.53. The van der Waals surface area contributed by atoms with E-state index >= 15 is 0 Å². The highest BCUT2D eigenvalue weighted by atomic mass is 32.2. The monoisotopic (exact) mass is 549 g/mol. The van der Waals surface area contributed by atoms with E-state index in [0.29, 0.717) is 50.0 Å². The number of alkyl carbamates (subject to hydrolysis) is 1. The molecule has 1 N–H and O–H groups in total. The number of nitrogens with one attached hydrogen (secondary N) is 1. The summed E-state index contributed by atoms with van der Waals surface area (Å²) < 4.78 is 32.2. The van der Waals surface area contributed by atoms with Crippen LogP contribution in [0.4, 0.5) is 4.79 Å². The molecule has 0 unspecified atom stereocenters. The summed E-state index contributed by atoms with van der Waals surface area (Å²) in [6, 6.07) is 6.90. The Kier molecular flexibility index (Phi) is 10.7. The number of ether oxygens (including phenoxy) is 1. The first kappa shape index (κ1) is 30.1. The molecule has 0 atom stereocenters. The Bertz CT molecular complexity index is 1040. The van der Waals surface area contributed by atoms with Crippen molar-refractivity contribution in [1.82, 2.24) is 14.5 Å². The molecular formula is C28H43N3O6S. The fourth-order valence-electron chi connectivity index (χ4n) is 4.94. The van der Waals surface area contributed by atoms with Gasteiger partial charge in [0, 0.05) is 25.7 Å². The number of nitrogens with zero attached hydrogens (tertiary/aromatic N) is 2. The van der Waals surface area contributed by atoms with Gasteiger partial charge in [-0.25, -0.2) is 17.5 Å². The SMILES string of the molecule is CC(C)(C)OC(=O)NC1CCN(S(=O)(=O)CCCCCCCCCCN2C(=O)c3ccccc3C2=O)CC1. The topological polar surface area (TPSA) is 113 Å². The van der Waals surface area contributed by atoms with Gasteiger partial charge in [-0.15, -0.1) is 0 Å². The molecule has 0 bridgehead atoms. The van der Waals surface area contributed by atoms with Crippen LogP contribution in [0.2, 0.25) is 0 Å². The third kappa shape index (κ3) is 8.80. The van der Waals surface area contributed by atoms with Gasteiger partial charge >= 0.3 is 6.09 Å². The number of unbranched alkanes of at least 4 members (excludes halogenated alkanes) is 7. The van der Waals surface area contributed by atoms with Gasteiger partial charge in [-0.05, 0) is 58.6 Å². The van der Waals surface area contributed by atoms with Crippen LogP contribution >= 0.6 is 0 Å². The highest BCUT2D eigenvalue weighted by Crippen LogP contribution is 2.23. The molecule has 3 amide bonds. The average Bonchev–Trinajstić information content (AvgIpc) is 3.09. The number of sulfonamides is 1. The van der Waals surface area contributed by atoms with Crippen LogP contribution in [0.3, 0.4) is 0 Å². The summed E-state index contributed by atoms with van der Waals surface area (Å²) in [6.45, 7) is 6.73. The highest BCUT2D eigenvalue weighted by Gasteiger charge is 2.34. The second-order valence-corrected chi connectivity index (χ2v) is 13.4. The van der Waals surface area contributed by atoms with Crippen LogP contribution in [0.15, 0.2) is 24.3 Å². The maximum Gasteiger partial charge on any atom is 0.407 e. The molecule has 2 heterocycles. The van der Waals surface area contributed by atoms with Gasteiger partial charge in [-0.2, -0.15) is 0 Å². The molecule has 10 heteroatoms. The molecule has 2 aliphatic rings. The summed E-state index contributed by atoms with van der Waals surface area (Å²) in [5, 5.41) is 2.84. The standard InChI is InChI=1S/C28H43N3O6S/c1-28(2,3)37-27(34)29-22-16-19-30(20-17-22)38(35,36)21-13-9-7-5-4-6-8-12-18-31-25(32)23-14-10-11-15-24(23)26(31)33/h10-11,14-15,22H,4-9,12-13,16-21H2,1-3H3,(H,29,34). The minimum absolute atomic E-state index is 0.0658. The third-order valence-corrected chi connectivity index (χ3v) is 8.94. The molecule has 3 rings (SSSR count). The zero-order chi connectivity index (χ0) is 27.8. The molecule has 38 heavy (non-hydrogen) atoms. The van der Waals surface area contributed by atoms with E-state index in [2.05, 4.69) is 5.32 Å². The predicted molar refractivity (Wildman–Crippen MR) is 146 cm³/mol. The molecule has 2 aliphatic heterocycles. The maximum atomic E-state index is 12.7. The Hall–Kier alpha value is -2.46. The molecule has 1 fully saturated rings. The smallest absolute Gasteiger partial charge is 0.407 e. The zero-order valence-electron chi connectivity index (χ0n) is 23.0. The molecule has 0 aliphatic carbocycles. The van der Waals surface area contributed by atoms with Crippen molar-refractivity contribution in [3.63, 3.8) is 0 Å². The van der Waals surface area contributed by atoms with Gasteiger partial charge in [0.1, 0.15) is 5.60 Å². The quantitative estimate of drug-likeness (QED) is 0.281. The number of piperidine rings is 1. The van der Waals surface area contributed by atoms with Crippen molar-refractivity contribution in [3.8, 4) is 0 Å². The van der Waals surface area contributed by atoms with Gasteiger partial charge in [0.2, 0.25) is 10.0 Å². The van der Waals surface area contributed by atoms with Crippen LogP contribution < -0.4 is 5.32 Å². The van der Waals surface area contributed by atoms with E-state index in [0.717, 1.165) is 44.9 Å². The molecule has 9 nitrogen and oxygen atoms in total. The fraction of sp³-hybridized carbons (Fsp3) is 0.679. The number of carbonyl (C=O) groups is 3. The minimum Gasteiger partial charge on any atom is -0.444 e. The molecule has 212 valence electrons. The van der Waals surface area contributed by atoms with Crippen LogP contribution in [0, 0.1) is 0 Å². The molecule has 1 aromatic carbocycles. The van der Waals surface area contributed by atoms with Crippen LogP contribution in [-0.4, -0.2) is 72.6 Å². The maximum absolute atomic E-state index is 12.7. The van der Waals surface area contributed by atoms with E-state index in [1.165, 1.54) is 4.90 Å². The molecule has 0 saturated carbocycles. The summed E-state index contributed by atoms with van der Waals surface area (Å²) in [5.41, 5.74) is 0.442. The molecule has 1 aromatic rings. The van der Waals surface area contributed by atoms with E-state index in [9.17, 15) is 22.8 Å². The number of carbonyl (C=O) groups excluding carboxylic acids is 3.